The maximum absolute atomic E-state index is 5.81. The van der Waals surface area contributed by atoms with E-state index < -0.39 is 0 Å². The van der Waals surface area contributed by atoms with Gasteiger partial charge in [0, 0.05) is 30.4 Å². The normalized spacial score (nSPS) is 12.8. The summed E-state index contributed by atoms with van der Waals surface area (Å²) in [4.78, 5) is 4.06. The Labute approximate surface area is 111 Å². The molecular weight excluding hydrogens is 284 g/mol. The van der Waals surface area contributed by atoms with Crippen LogP contribution in [0.15, 0.2) is 22.9 Å². The van der Waals surface area contributed by atoms with Gasteiger partial charge in [-0.3, -0.25) is 4.98 Å². The molecule has 0 fully saturated rings. The lowest BCUT2D eigenvalue weighted by Gasteiger charge is -2.20. The Bertz CT molecular complexity index is 334. The summed E-state index contributed by atoms with van der Waals surface area (Å²) >= 11 is 3.36. The molecule has 1 heterocycles. The van der Waals surface area contributed by atoms with Gasteiger partial charge in [-0.05, 0) is 22.0 Å². The Morgan fingerprint density at radius 3 is 2.76 bits per heavy atom. The van der Waals surface area contributed by atoms with Gasteiger partial charge in [-0.15, -0.1) is 0 Å². The number of aromatic nitrogens is 1. The van der Waals surface area contributed by atoms with Crippen LogP contribution in [0.4, 0.5) is 0 Å². The molecule has 96 valence electrons. The third-order valence-corrected chi connectivity index (χ3v) is 2.52. The Kier molecular flexibility index (Phi) is 6.47. The molecule has 1 aromatic heterocycles. The fraction of sp³-hybridized carbons (Fsp3) is 0.583. The van der Waals surface area contributed by atoms with Crippen LogP contribution in [0.5, 0.6) is 5.75 Å². The van der Waals surface area contributed by atoms with Crippen LogP contribution >= 0.6 is 15.9 Å². The van der Waals surface area contributed by atoms with E-state index in [2.05, 4.69) is 40.1 Å². The number of methoxy groups -OCH3 is 1. The molecule has 0 saturated carbocycles. The van der Waals surface area contributed by atoms with E-state index in [1.807, 2.05) is 6.07 Å². The highest BCUT2D eigenvalue weighted by atomic mass is 79.9. The molecule has 5 heteroatoms. The van der Waals surface area contributed by atoms with Crippen LogP contribution in [-0.4, -0.2) is 37.4 Å². The molecule has 0 amide bonds. The van der Waals surface area contributed by atoms with Crippen molar-refractivity contribution in [1.82, 2.24) is 10.3 Å². The van der Waals surface area contributed by atoms with Gasteiger partial charge in [0.25, 0.3) is 0 Å². The van der Waals surface area contributed by atoms with Crippen molar-refractivity contribution in [1.29, 1.82) is 0 Å². The second-order valence-corrected chi connectivity index (χ2v) is 5.01. The fourth-order valence-electron chi connectivity index (χ4n) is 1.34. The second-order valence-electron chi connectivity index (χ2n) is 4.10. The number of nitrogens with one attached hydrogen (secondary N) is 1. The van der Waals surface area contributed by atoms with Gasteiger partial charge in [-0.1, -0.05) is 13.8 Å². The predicted octanol–water partition coefficient (Wildman–Crippen LogP) is 2.24. The molecular formula is C12H19BrN2O2. The molecule has 1 atom stereocenters. The van der Waals surface area contributed by atoms with Crippen LogP contribution in [0.25, 0.3) is 0 Å². The zero-order valence-corrected chi connectivity index (χ0v) is 12.0. The summed E-state index contributed by atoms with van der Waals surface area (Å²) in [5.41, 5.74) is 0. The smallest absolute Gasteiger partial charge is 0.139 e. The average molecular weight is 303 g/mol. The van der Waals surface area contributed by atoms with Crippen LogP contribution < -0.4 is 10.1 Å². The largest absolute Gasteiger partial charge is 0.485 e. The van der Waals surface area contributed by atoms with Crippen LogP contribution in [0.3, 0.4) is 0 Å². The first kappa shape index (κ1) is 14.4. The first-order valence-corrected chi connectivity index (χ1v) is 6.40. The van der Waals surface area contributed by atoms with Crippen molar-refractivity contribution in [3.05, 3.63) is 22.9 Å². The number of rotatable bonds is 7. The molecule has 0 aliphatic carbocycles. The van der Waals surface area contributed by atoms with E-state index in [1.54, 1.807) is 19.5 Å². The molecule has 0 bridgehead atoms. The maximum Gasteiger partial charge on any atom is 0.139 e. The molecule has 0 aliphatic heterocycles. The molecule has 0 radical (unpaired) electrons. The van der Waals surface area contributed by atoms with Crippen molar-refractivity contribution in [2.24, 2.45) is 0 Å². The van der Waals surface area contributed by atoms with Gasteiger partial charge in [0.1, 0.15) is 11.9 Å². The van der Waals surface area contributed by atoms with Gasteiger partial charge < -0.3 is 14.8 Å². The molecule has 1 rings (SSSR count). The number of hydrogen-bond acceptors (Lipinski definition) is 4. The number of pyridine rings is 1. The highest BCUT2D eigenvalue weighted by Gasteiger charge is 2.11. The van der Waals surface area contributed by atoms with Gasteiger partial charge in [-0.2, -0.15) is 0 Å². The number of ether oxygens (including phenoxy) is 2. The molecule has 1 N–H and O–H groups in total. The zero-order valence-electron chi connectivity index (χ0n) is 10.4. The van der Waals surface area contributed by atoms with Crippen LogP contribution in [-0.2, 0) is 4.74 Å². The Morgan fingerprint density at radius 2 is 2.18 bits per heavy atom. The van der Waals surface area contributed by atoms with Crippen molar-refractivity contribution >= 4 is 15.9 Å². The quantitative estimate of drug-likeness (QED) is 0.839. The highest BCUT2D eigenvalue weighted by Crippen LogP contribution is 2.17. The third kappa shape index (κ3) is 6.00. The molecule has 0 saturated heterocycles. The predicted molar refractivity (Wildman–Crippen MR) is 71.4 cm³/mol. The van der Waals surface area contributed by atoms with E-state index in [4.69, 9.17) is 9.47 Å². The summed E-state index contributed by atoms with van der Waals surface area (Å²) in [5.74, 6) is 0.743. The number of hydrogen-bond donors (Lipinski definition) is 1. The minimum Gasteiger partial charge on any atom is -0.485 e. The van der Waals surface area contributed by atoms with E-state index in [1.165, 1.54) is 0 Å². The van der Waals surface area contributed by atoms with Crippen LogP contribution in [0.2, 0.25) is 0 Å². The van der Waals surface area contributed by atoms with Crippen LogP contribution in [0.1, 0.15) is 13.8 Å². The zero-order chi connectivity index (χ0) is 12.7. The lowest BCUT2D eigenvalue weighted by Crippen LogP contribution is -2.38. The first-order valence-electron chi connectivity index (χ1n) is 5.61. The van der Waals surface area contributed by atoms with Crippen molar-refractivity contribution in [3.63, 3.8) is 0 Å². The molecule has 4 nitrogen and oxygen atoms in total. The molecule has 17 heavy (non-hydrogen) atoms. The van der Waals surface area contributed by atoms with Gasteiger partial charge in [0.2, 0.25) is 0 Å². The Hall–Kier alpha value is -0.650. The number of halogens is 1. The van der Waals surface area contributed by atoms with Crippen molar-refractivity contribution in [3.8, 4) is 5.75 Å². The lowest BCUT2D eigenvalue weighted by molar-refractivity contribution is 0.0791. The first-order chi connectivity index (χ1) is 8.11. The van der Waals surface area contributed by atoms with Crippen molar-refractivity contribution < 1.29 is 9.47 Å². The van der Waals surface area contributed by atoms with Gasteiger partial charge in [0.05, 0.1) is 12.8 Å². The monoisotopic (exact) mass is 302 g/mol. The van der Waals surface area contributed by atoms with E-state index >= 15 is 0 Å². The van der Waals surface area contributed by atoms with Crippen LogP contribution in [0, 0.1) is 0 Å². The summed E-state index contributed by atoms with van der Waals surface area (Å²) in [6.45, 7) is 5.50. The molecule has 0 aliphatic rings. The van der Waals surface area contributed by atoms with E-state index in [-0.39, 0.29) is 6.10 Å². The molecule has 0 spiro atoms. The molecule has 1 aromatic rings. The minimum atomic E-state index is -0.0153. The summed E-state index contributed by atoms with van der Waals surface area (Å²) < 4.78 is 11.9. The molecule has 1 unspecified atom stereocenters. The van der Waals surface area contributed by atoms with E-state index in [0.29, 0.717) is 12.6 Å². The molecule has 0 aromatic carbocycles. The van der Waals surface area contributed by atoms with Gasteiger partial charge in [0.15, 0.2) is 0 Å². The van der Waals surface area contributed by atoms with Crippen molar-refractivity contribution in [2.45, 2.75) is 26.0 Å². The summed E-state index contributed by atoms with van der Waals surface area (Å²) in [6.07, 6.45) is 3.41. The third-order valence-electron chi connectivity index (χ3n) is 2.09. The lowest BCUT2D eigenvalue weighted by atomic mass is 10.3. The Morgan fingerprint density at radius 1 is 1.41 bits per heavy atom. The highest BCUT2D eigenvalue weighted by molar-refractivity contribution is 9.10. The van der Waals surface area contributed by atoms with Gasteiger partial charge >= 0.3 is 0 Å². The fourth-order valence-corrected chi connectivity index (χ4v) is 1.68. The summed E-state index contributed by atoms with van der Waals surface area (Å²) in [7, 11) is 1.67. The average Bonchev–Trinajstić information content (AvgIpc) is 2.26. The van der Waals surface area contributed by atoms with Crippen molar-refractivity contribution in [2.75, 3.05) is 20.3 Å². The van der Waals surface area contributed by atoms with E-state index in [9.17, 15) is 0 Å². The second kappa shape index (κ2) is 7.63. The minimum absolute atomic E-state index is 0.0153. The number of nitrogens with zero attached hydrogens (tertiary/aromatic N) is 1. The Balaban J connectivity index is 2.53. The standard InChI is InChI=1S/C12H19BrN2O2/c1-9(2)15-7-12(8-16-3)17-11-4-10(13)5-14-6-11/h4-6,9,12,15H,7-8H2,1-3H3. The topological polar surface area (TPSA) is 43.4 Å². The summed E-state index contributed by atoms with van der Waals surface area (Å²) in [6, 6.07) is 2.32. The van der Waals surface area contributed by atoms with E-state index in [0.717, 1.165) is 16.8 Å². The maximum atomic E-state index is 5.81. The summed E-state index contributed by atoms with van der Waals surface area (Å²) in [5, 5.41) is 3.33. The SMILES string of the molecule is COCC(CNC(C)C)Oc1cncc(Br)c1. The van der Waals surface area contributed by atoms with Gasteiger partial charge in [-0.25, -0.2) is 0 Å².